The van der Waals surface area contributed by atoms with Gasteiger partial charge in [0.05, 0.1) is 29.6 Å². The van der Waals surface area contributed by atoms with Gasteiger partial charge in [0.1, 0.15) is 0 Å². The van der Waals surface area contributed by atoms with Gasteiger partial charge in [-0.25, -0.2) is 0 Å². The minimum Gasteiger partial charge on any atom is -0.356 e. The van der Waals surface area contributed by atoms with Crippen molar-refractivity contribution in [2.24, 2.45) is 5.92 Å². The third-order valence-electron chi connectivity index (χ3n) is 7.47. The Morgan fingerprint density at radius 3 is 2.73 bits per heavy atom. The van der Waals surface area contributed by atoms with Crippen LogP contribution in [0, 0.1) is 12.8 Å². The van der Waals surface area contributed by atoms with Crippen LogP contribution in [0.15, 0.2) is 42.5 Å². The molecule has 5 heteroatoms. The number of H-pyrrole nitrogens is 1. The van der Waals surface area contributed by atoms with Gasteiger partial charge in [-0.3, -0.25) is 9.63 Å². The van der Waals surface area contributed by atoms with Crippen molar-refractivity contribution in [1.82, 2.24) is 14.9 Å². The average molecular weight is 402 g/mol. The number of rotatable bonds is 1. The van der Waals surface area contributed by atoms with E-state index in [1.54, 1.807) is 0 Å². The van der Waals surface area contributed by atoms with E-state index in [1.165, 1.54) is 38.9 Å². The summed E-state index contributed by atoms with van der Waals surface area (Å²) in [6, 6.07) is 15.4. The van der Waals surface area contributed by atoms with Crippen molar-refractivity contribution in [3.8, 4) is 11.1 Å². The van der Waals surface area contributed by atoms with Gasteiger partial charge >= 0.3 is 0 Å². The Kier molecular flexibility index (Phi) is 3.89. The van der Waals surface area contributed by atoms with Crippen molar-refractivity contribution in [2.45, 2.75) is 44.9 Å². The maximum absolute atomic E-state index is 13.4. The highest BCUT2D eigenvalue weighted by Crippen LogP contribution is 2.46. The number of fused-ring (bicyclic) bond motifs is 6. The molecule has 3 aliphatic heterocycles. The van der Waals surface area contributed by atoms with E-state index >= 15 is 0 Å². The first-order valence-electron chi connectivity index (χ1n) is 10.9. The van der Waals surface area contributed by atoms with Crippen LogP contribution in [-0.4, -0.2) is 46.6 Å². The first-order valence-corrected chi connectivity index (χ1v) is 10.9. The van der Waals surface area contributed by atoms with Crippen molar-refractivity contribution in [2.75, 3.05) is 13.6 Å². The highest BCUT2D eigenvalue weighted by atomic mass is 16.7. The molecule has 4 heterocycles. The molecule has 2 aromatic carbocycles. The summed E-state index contributed by atoms with van der Waals surface area (Å²) in [5.41, 5.74) is 7.56. The zero-order valence-electron chi connectivity index (χ0n) is 17.7. The zero-order valence-corrected chi connectivity index (χ0v) is 17.7. The van der Waals surface area contributed by atoms with Crippen LogP contribution in [0.4, 0.5) is 0 Å². The minimum absolute atomic E-state index is 0.0507. The normalized spacial score (nSPS) is 28.5. The second kappa shape index (κ2) is 6.43. The van der Waals surface area contributed by atoms with Gasteiger partial charge in [-0.2, -0.15) is 5.06 Å². The Morgan fingerprint density at radius 2 is 1.90 bits per heavy atom. The van der Waals surface area contributed by atoms with Crippen molar-refractivity contribution < 1.29 is 9.63 Å². The van der Waals surface area contributed by atoms with Crippen LogP contribution in [0.5, 0.6) is 0 Å². The fourth-order valence-corrected chi connectivity index (χ4v) is 6.03. The molecule has 1 amide bonds. The molecule has 1 N–H and O–H groups in total. The van der Waals surface area contributed by atoms with Gasteiger partial charge in [0.2, 0.25) is 5.91 Å². The number of piperidine rings is 1. The average Bonchev–Trinajstić information content (AvgIpc) is 3.26. The van der Waals surface area contributed by atoms with Crippen LogP contribution in [0.3, 0.4) is 0 Å². The first kappa shape index (κ1) is 18.2. The number of hydrogen-bond acceptors (Lipinski definition) is 3. The number of amides is 1. The first-order chi connectivity index (χ1) is 14.5. The summed E-state index contributed by atoms with van der Waals surface area (Å²) in [5.74, 6) is 0.191. The van der Waals surface area contributed by atoms with Crippen LogP contribution in [0.1, 0.15) is 36.2 Å². The molecule has 3 aliphatic rings. The van der Waals surface area contributed by atoms with Gasteiger partial charge in [0.15, 0.2) is 0 Å². The summed E-state index contributed by atoms with van der Waals surface area (Å²) in [7, 11) is 1.97. The van der Waals surface area contributed by atoms with Crippen LogP contribution in [0.25, 0.3) is 22.0 Å². The molecule has 3 aromatic rings. The van der Waals surface area contributed by atoms with Crippen LogP contribution in [-0.2, 0) is 16.1 Å². The molecular formula is C25H27N3O2. The molecule has 2 saturated heterocycles. The van der Waals surface area contributed by atoms with Crippen LogP contribution >= 0.6 is 0 Å². The van der Waals surface area contributed by atoms with E-state index in [9.17, 15) is 4.79 Å². The van der Waals surface area contributed by atoms with Crippen molar-refractivity contribution >= 4 is 16.8 Å². The van der Waals surface area contributed by atoms with E-state index in [0.717, 1.165) is 19.4 Å². The van der Waals surface area contributed by atoms with Gasteiger partial charge in [-0.15, -0.1) is 0 Å². The number of aromatic nitrogens is 1. The van der Waals surface area contributed by atoms with Crippen molar-refractivity contribution in [3.63, 3.8) is 0 Å². The number of carbonyl (C=O) groups is 1. The van der Waals surface area contributed by atoms with Crippen molar-refractivity contribution in [3.05, 3.63) is 59.3 Å². The minimum atomic E-state index is -0.0558. The fourth-order valence-electron chi connectivity index (χ4n) is 6.03. The lowest BCUT2D eigenvalue weighted by atomic mass is 9.80. The molecule has 0 bridgehead atoms. The molecule has 0 spiro atoms. The Hall–Kier alpha value is -2.63. The molecule has 0 radical (unpaired) electrons. The van der Waals surface area contributed by atoms with Gasteiger partial charge in [-0.05, 0) is 43.4 Å². The molecule has 154 valence electrons. The molecule has 1 aromatic heterocycles. The van der Waals surface area contributed by atoms with Crippen molar-refractivity contribution in [1.29, 1.82) is 0 Å². The number of carbonyl (C=O) groups excluding carboxylic acids is 1. The quantitative estimate of drug-likeness (QED) is 0.664. The zero-order chi connectivity index (χ0) is 20.6. The highest BCUT2D eigenvalue weighted by molar-refractivity contribution is 5.98. The Bertz CT molecular complexity index is 1170. The van der Waals surface area contributed by atoms with Gasteiger partial charge in [-0.1, -0.05) is 42.5 Å². The number of nitrogens with one attached hydrogen (secondary N) is 1. The maximum Gasteiger partial charge on any atom is 0.230 e. The Labute approximate surface area is 176 Å². The number of aryl methyl sites for hydroxylation is 1. The SMILES string of the molecule is Cc1ccccc1-c1cccc2c3c([nH]c12)[C@@H]1C[C@H]2[C@@H](C(=O)N1CC3)[C@H](C)ON2C. The highest BCUT2D eigenvalue weighted by Gasteiger charge is 2.53. The lowest BCUT2D eigenvalue weighted by molar-refractivity contribution is -0.146. The third kappa shape index (κ3) is 2.39. The Balaban J connectivity index is 1.49. The predicted molar refractivity (Wildman–Crippen MR) is 117 cm³/mol. The molecular weight excluding hydrogens is 374 g/mol. The predicted octanol–water partition coefficient (Wildman–Crippen LogP) is 4.22. The lowest BCUT2D eigenvalue weighted by Crippen LogP contribution is -2.54. The topological polar surface area (TPSA) is 48.6 Å². The second-order valence-electron chi connectivity index (χ2n) is 9.04. The second-order valence-corrected chi connectivity index (χ2v) is 9.04. The van der Waals surface area contributed by atoms with Gasteiger partial charge in [0.25, 0.3) is 0 Å². The number of nitrogens with zero attached hydrogens (tertiary/aromatic N) is 2. The fraction of sp³-hybridized carbons (Fsp3) is 0.400. The summed E-state index contributed by atoms with van der Waals surface area (Å²) in [4.78, 5) is 25.1. The van der Waals surface area contributed by atoms with E-state index in [2.05, 4.69) is 59.3 Å². The number of hydrogen-bond donors (Lipinski definition) is 1. The van der Waals surface area contributed by atoms with E-state index in [-0.39, 0.29) is 30.0 Å². The monoisotopic (exact) mass is 401 g/mol. The Morgan fingerprint density at radius 1 is 1.10 bits per heavy atom. The summed E-state index contributed by atoms with van der Waals surface area (Å²) in [6.07, 6.45) is 1.76. The standard InChI is InChI=1S/C25H27N3O2/c1-14-7-4-5-8-16(14)17-9-6-10-18-19-11-12-28-21(24(19)26-23(17)18)13-20-22(25(28)29)15(2)30-27(20)3/h4-10,15,20-22,26H,11-13H2,1-3H3/t15-,20-,21-,22-/m0/s1. The lowest BCUT2D eigenvalue weighted by Gasteiger charge is -2.44. The molecule has 0 aliphatic carbocycles. The van der Waals surface area contributed by atoms with Gasteiger partial charge < -0.3 is 9.88 Å². The summed E-state index contributed by atoms with van der Waals surface area (Å²) < 4.78 is 0. The molecule has 2 fully saturated rings. The van der Waals surface area contributed by atoms with E-state index in [1.807, 2.05) is 19.0 Å². The van der Waals surface area contributed by atoms with E-state index in [4.69, 9.17) is 4.84 Å². The molecule has 30 heavy (non-hydrogen) atoms. The number of aromatic amines is 1. The molecule has 6 rings (SSSR count). The molecule has 0 unspecified atom stereocenters. The van der Waals surface area contributed by atoms with E-state index in [0.29, 0.717) is 0 Å². The number of hydroxylamine groups is 2. The summed E-state index contributed by atoms with van der Waals surface area (Å²) in [5, 5.41) is 3.21. The van der Waals surface area contributed by atoms with E-state index < -0.39 is 0 Å². The molecule has 0 saturated carbocycles. The van der Waals surface area contributed by atoms with Crippen LogP contribution < -0.4 is 0 Å². The molecule has 5 nitrogen and oxygen atoms in total. The molecule has 4 atom stereocenters. The van der Waals surface area contributed by atoms with Gasteiger partial charge in [0, 0.05) is 30.2 Å². The van der Waals surface area contributed by atoms with Crippen LogP contribution in [0.2, 0.25) is 0 Å². The largest absolute Gasteiger partial charge is 0.356 e. The number of benzene rings is 2. The number of para-hydroxylation sites is 1. The summed E-state index contributed by atoms with van der Waals surface area (Å²) >= 11 is 0. The maximum atomic E-state index is 13.4. The summed E-state index contributed by atoms with van der Waals surface area (Å²) in [6.45, 7) is 4.97. The smallest absolute Gasteiger partial charge is 0.230 e. The third-order valence-corrected chi connectivity index (χ3v) is 7.47.